The summed E-state index contributed by atoms with van der Waals surface area (Å²) in [4.78, 5) is 54.2. The van der Waals surface area contributed by atoms with Gasteiger partial charge >= 0.3 is 6.09 Å². The van der Waals surface area contributed by atoms with Crippen molar-refractivity contribution in [3.8, 4) is 17.0 Å². The largest absolute Gasteiger partial charge is 0.415 e. The van der Waals surface area contributed by atoms with Crippen molar-refractivity contribution in [3.05, 3.63) is 142 Å². The molecular weight excluding hydrogens is 729 g/mol. The Morgan fingerprint density at radius 2 is 1.60 bits per heavy atom. The number of para-hydroxylation sites is 1. The second kappa shape index (κ2) is 15.6. The Labute approximate surface area is 338 Å². The number of nitrogens with one attached hydrogen (secondary N) is 1. The van der Waals surface area contributed by atoms with E-state index in [0.29, 0.717) is 56.1 Å². The van der Waals surface area contributed by atoms with Crippen LogP contribution in [0.25, 0.3) is 22.2 Å². The molecule has 1 saturated heterocycles. The molecule has 11 heteroatoms. The van der Waals surface area contributed by atoms with Crippen LogP contribution in [0, 0.1) is 6.92 Å². The first-order valence-electron chi connectivity index (χ1n) is 20.1. The van der Waals surface area contributed by atoms with Gasteiger partial charge in [0.15, 0.2) is 0 Å². The molecule has 9 rings (SSSR count). The third-order valence-electron chi connectivity index (χ3n) is 12.3. The van der Waals surface area contributed by atoms with E-state index >= 15 is 4.79 Å². The first-order chi connectivity index (χ1) is 28.2. The van der Waals surface area contributed by atoms with E-state index in [-0.39, 0.29) is 17.9 Å². The monoisotopic (exact) mass is 776 g/mol. The molecule has 1 N–H and O–H groups in total. The Balaban J connectivity index is 1.10. The minimum Gasteiger partial charge on any atom is -0.409 e. The summed E-state index contributed by atoms with van der Waals surface area (Å²) >= 11 is 0. The van der Waals surface area contributed by atoms with Crippen LogP contribution in [0.3, 0.4) is 0 Å². The Hall–Kier alpha value is -6.17. The van der Waals surface area contributed by atoms with E-state index in [1.165, 1.54) is 5.56 Å². The molecule has 3 aliphatic rings. The number of ether oxygens (including phenoxy) is 2. The van der Waals surface area contributed by atoms with Crippen LogP contribution < -0.4 is 9.64 Å². The molecule has 0 radical (unpaired) electrons. The number of amides is 3. The van der Waals surface area contributed by atoms with Gasteiger partial charge in [0.1, 0.15) is 5.75 Å². The number of hydrogen-bond donors (Lipinski definition) is 1. The molecule has 1 atom stereocenters. The highest BCUT2D eigenvalue weighted by Crippen LogP contribution is 2.36. The number of H-pyrrole nitrogens is 1. The fourth-order valence-corrected chi connectivity index (χ4v) is 8.81. The molecule has 3 amide bonds. The van der Waals surface area contributed by atoms with Gasteiger partial charge in [0, 0.05) is 105 Å². The van der Waals surface area contributed by atoms with Gasteiger partial charge in [0.05, 0.1) is 18.8 Å². The number of carbonyl (C=O) groups excluding carboxylic acids is 3. The molecule has 58 heavy (non-hydrogen) atoms. The van der Waals surface area contributed by atoms with Gasteiger partial charge in [-0.2, -0.15) is 0 Å². The van der Waals surface area contributed by atoms with Crippen molar-refractivity contribution in [1.29, 1.82) is 0 Å². The molecule has 11 nitrogen and oxygen atoms in total. The van der Waals surface area contributed by atoms with Crippen molar-refractivity contribution in [2.75, 3.05) is 51.3 Å². The van der Waals surface area contributed by atoms with Crippen LogP contribution in [0.4, 0.5) is 10.5 Å². The molecule has 4 aromatic carbocycles. The van der Waals surface area contributed by atoms with E-state index in [0.717, 1.165) is 76.3 Å². The number of rotatable bonds is 7. The van der Waals surface area contributed by atoms with Crippen molar-refractivity contribution in [1.82, 2.24) is 24.3 Å². The second-order valence-corrected chi connectivity index (χ2v) is 15.7. The van der Waals surface area contributed by atoms with Crippen LogP contribution in [0.5, 0.6) is 5.75 Å². The number of carbonyl (C=O) groups is 3. The lowest BCUT2D eigenvalue weighted by Gasteiger charge is -2.41. The predicted molar refractivity (Wildman–Crippen MR) is 224 cm³/mol. The zero-order valence-corrected chi connectivity index (χ0v) is 33.2. The fraction of sp³-hybridized carbons (Fsp3) is 0.298. The van der Waals surface area contributed by atoms with Crippen LogP contribution >= 0.6 is 0 Å². The van der Waals surface area contributed by atoms with Gasteiger partial charge < -0.3 is 33.7 Å². The van der Waals surface area contributed by atoms with Crippen molar-refractivity contribution in [2.24, 2.45) is 7.05 Å². The number of morpholine rings is 1. The van der Waals surface area contributed by atoms with Gasteiger partial charge in [-0.3, -0.25) is 14.5 Å². The van der Waals surface area contributed by atoms with E-state index in [1.54, 1.807) is 22.9 Å². The summed E-state index contributed by atoms with van der Waals surface area (Å²) in [5, 5.41) is 0.839. The molecule has 1 fully saturated rings. The molecule has 0 unspecified atom stereocenters. The molecule has 0 saturated carbocycles. The SMILES string of the molecule is Cc1c(C(=O)N(C)c2ccccc2)cc(-c2cc3c(cc2C(=O)N2Cc4ccccc4C[C@H]2CN2CCOCC2)CN(C(=O)Oc2cccc4[nH]ccc24)CC3)n1C. The first kappa shape index (κ1) is 37.4. The van der Waals surface area contributed by atoms with Crippen LogP contribution in [0.15, 0.2) is 103 Å². The summed E-state index contributed by atoms with van der Waals surface area (Å²) in [6, 6.07) is 31.5. The topological polar surface area (TPSA) is 103 Å². The maximum absolute atomic E-state index is 15.4. The summed E-state index contributed by atoms with van der Waals surface area (Å²) in [5.74, 6) is 0.302. The molecule has 0 bridgehead atoms. The Morgan fingerprint density at radius 1 is 0.828 bits per heavy atom. The van der Waals surface area contributed by atoms with Gasteiger partial charge in [-0.05, 0) is 90.6 Å². The van der Waals surface area contributed by atoms with Crippen LogP contribution in [0.2, 0.25) is 0 Å². The van der Waals surface area contributed by atoms with Gasteiger partial charge in [0.2, 0.25) is 0 Å². The minimum absolute atomic E-state index is 0.0567. The lowest BCUT2D eigenvalue weighted by molar-refractivity contribution is 0.0193. The fourth-order valence-electron chi connectivity index (χ4n) is 8.81. The normalized spacial score (nSPS) is 16.8. The van der Waals surface area contributed by atoms with Crippen LogP contribution in [0.1, 0.15) is 48.7 Å². The summed E-state index contributed by atoms with van der Waals surface area (Å²) < 4.78 is 13.7. The Bertz CT molecular complexity index is 2520. The lowest BCUT2D eigenvalue weighted by Crippen LogP contribution is -2.52. The smallest absolute Gasteiger partial charge is 0.409 e. The molecule has 0 spiro atoms. The number of benzene rings is 4. The minimum atomic E-state index is -0.432. The van der Waals surface area contributed by atoms with E-state index in [9.17, 15) is 9.59 Å². The summed E-state index contributed by atoms with van der Waals surface area (Å²) in [7, 11) is 3.74. The standard InChI is InChI=1S/C47H48N6O5/c1-31-39(45(54)50(3)36-12-5-4-6-13-36)27-43(49(31)2)40-25-33-17-19-52(47(56)58-44-15-9-14-42-38(44)16-18-48-42)28-35(33)26-41(40)46(55)53-29-34-11-8-7-10-32(34)24-37(53)30-51-20-22-57-23-21-51/h4-16,18,25-27,37,48H,17,19-24,28-30H2,1-3H3/t37-/m0/s1. The van der Waals surface area contributed by atoms with E-state index in [1.807, 2.05) is 96.4 Å². The van der Waals surface area contributed by atoms with Gasteiger partial charge in [0.25, 0.3) is 11.8 Å². The zero-order chi connectivity index (χ0) is 39.9. The molecule has 0 aliphatic carbocycles. The average Bonchev–Trinajstić information content (AvgIpc) is 3.87. The van der Waals surface area contributed by atoms with E-state index in [4.69, 9.17) is 9.47 Å². The Kier molecular flexibility index (Phi) is 10.1. The Morgan fingerprint density at radius 3 is 2.41 bits per heavy atom. The number of anilines is 1. The second-order valence-electron chi connectivity index (χ2n) is 15.7. The molecule has 5 heterocycles. The third kappa shape index (κ3) is 7.05. The average molecular weight is 777 g/mol. The highest BCUT2D eigenvalue weighted by Gasteiger charge is 2.35. The first-order valence-corrected chi connectivity index (χ1v) is 20.1. The molecule has 3 aliphatic heterocycles. The third-order valence-corrected chi connectivity index (χ3v) is 12.3. The quantitative estimate of drug-likeness (QED) is 0.184. The van der Waals surface area contributed by atoms with Gasteiger partial charge in [-0.25, -0.2) is 4.79 Å². The zero-order valence-electron chi connectivity index (χ0n) is 33.2. The van der Waals surface area contributed by atoms with Gasteiger partial charge in [-0.15, -0.1) is 0 Å². The molecule has 296 valence electrons. The highest BCUT2D eigenvalue weighted by molar-refractivity contribution is 6.08. The number of aromatic nitrogens is 2. The van der Waals surface area contributed by atoms with Crippen LogP contribution in [-0.4, -0.2) is 94.6 Å². The number of hydrogen-bond acceptors (Lipinski definition) is 6. The van der Waals surface area contributed by atoms with Crippen molar-refractivity contribution >= 4 is 34.5 Å². The number of nitrogens with zero attached hydrogens (tertiary/aromatic N) is 5. The summed E-state index contributed by atoms with van der Waals surface area (Å²) in [6.07, 6.45) is 2.73. The highest BCUT2D eigenvalue weighted by atomic mass is 16.6. The lowest BCUT2D eigenvalue weighted by atomic mass is 9.89. The van der Waals surface area contributed by atoms with Crippen molar-refractivity contribution in [3.63, 3.8) is 0 Å². The van der Waals surface area contributed by atoms with E-state index < -0.39 is 6.09 Å². The maximum atomic E-state index is 15.4. The predicted octanol–water partition coefficient (Wildman–Crippen LogP) is 7.21. The number of fused-ring (bicyclic) bond motifs is 3. The van der Waals surface area contributed by atoms with Crippen molar-refractivity contribution < 1.29 is 23.9 Å². The molecule has 6 aromatic rings. The number of aromatic amines is 1. The van der Waals surface area contributed by atoms with E-state index in [2.05, 4.69) is 34.1 Å². The maximum Gasteiger partial charge on any atom is 0.415 e. The van der Waals surface area contributed by atoms with Crippen molar-refractivity contribution in [2.45, 2.75) is 38.9 Å². The summed E-state index contributed by atoms with van der Waals surface area (Å²) in [6.45, 7) is 6.95. The molecular formula is C47H48N6O5. The molecule has 2 aromatic heterocycles. The van der Waals surface area contributed by atoms with Crippen LogP contribution in [-0.2, 0) is 37.7 Å². The summed E-state index contributed by atoms with van der Waals surface area (Å²) in [5.41, 5.74) is 9.56. The van der Waals surface area contributed by atoms with Gasteiger partial charge in [-0.1, -0.05) is 48.5 Å².